The summed E-state index contributed by atoms with van der Waals surface area (Å²) >= 11 is 0. The maximum absolute atomic E-state index is 11.9. The monoisotopic (exact) mass is 414 g/mol. The van der Waals surface area contributed by atoms with Crippen molar-refractivity contribution < 1.29 is 19.8 Å². The third-order valence-corrected chi connectivity index (χ3v) is 5.32. The minimum absolute atomic E-state index is 0.00742. The predicted molar refractivity (Wildman–Crippen MR) is 119 cm³/mol. The van der Waals surface area contributed by atoms with E-state index in [1.54, 1.807) is 0 Å². The Hall–Kier alpha value is -1.14. The molecule has 29 heavy (non-hydrogen) atoms. The average Bonchev–Trinajstić information content (AvgIpc) is 2.69. The number of carboxylic acid groups (broad SMARTS) is 1. The molecule has 0 heterocycles. The molecular weight excluding hydrogens is 368 g/mol. The molecule has 0 saturated carbocycles. The van der Waals surface area contributed by atoms with E-state index in [4.69, 9.17) is 10.2 Å². The standard InChI is InChI=1S/C23H46N2O4/c1-2-3-4-5-6-7-8-9-10-11-12-13-14-15-22(27)24-17-19-25(20-21-26)18-16-23(28)29/h26H,2-21H2,1H3,(H,24,27)(H,28,29). The molecule has 0 aliphatic heterocycles. The summed E-state index contributed by atoms with van der Waals surface area (Å²) < 4.78 is 0. The molecule has 0 aromatic heterocycles. The third-order valence-electron chi connectivity index (χ3n) is 5.32. The maximum atomic E-state index is 11.9. The molecule has 6 nitrogen and oxygen atoms in total. The van der Waals surface area contributed by atoms with Crippen molar-refractivity contribution in [1.82, 2.24) is 10.2 Å². The van der Waals surface area contributed by atoms with Gasteiger partial charge in [-0.2, -0.15) is 0 Å². The molecule has 0 spiro atoms. The number of hydrogen-bond donors (Lipinski definition) is 3. The summed E-state index contributed by atoms with van der Waals surface area (Å²) in [5.41, 5.74) is 0. The topological polar surface area (TPSA) is 89.9 Å². The van der Waals surface area contributed by atoms with Gasteiger partial charge in [0, 0.05) is 32.6 Å². The third kappa shape index (κ3) is 21.4. The van der Waals surface area contributed by atoms with Gasteiger partial charge in [-0.25, -0.2) is 0 Å². The Morgan fingerprint density at radius 2 is 1.24 bits per heavy atom. The first-order valence-electron chi connectivity index (χ1n) is 11.9. The van der Waals surface area contributed by atoms with Crippen molar-refractivity contribution in [3.8, 4) is 0 Å². The molecule has 0 saturated heterocycles. The van der Waals surface area contributed by atoms with Crippen LogP contribution in [-0.2, 0) is 9.59 Å². The zero-order valence-electron chi connectivity index (χ0n) is 18.8. The maximum Gasteiger partial charge on any atom is 0.304 e. The van der Waals surface area contributed by atoms with E-state index in [9.17, 15) is 9.59 Å². The highest BCUT2D eigenvalue weighted by Gasteiger charge is 2.08. The van der Waals surface area contributed by atoms with Crippen molar-refractivity contribution in [2.45, 2.75) is 103 Å². The molecule has 172 valence electrons. The molecule has 0 fully saturated rings. The van der Waals surface area contributed by atoms with E-state index >= 15 is 0 Å². The number of hydrogen-bond acceptors (Lipinski definition) is 4. The number of aliphatic hydroxyl groups excluding tert-OH is 1. The quantitative estimate of drug-likeness (QED) is 0.229. The number of unbranched alkanes of at least 4 members (excludes halogenated alkanes) is 12. The van der Waals surface area contributed by atoms with E-state index in [0.717, 1.165) is 12.8 Å². The highest BCUT2D eigenvalue weighted by Crippen LogP contribution is 2.12. The van der Waals surface area contributed by atoms with Crippen LogP contribution >= 0.6 is 0 Å². The van der Waals surface area contributed by atoms with Crippen LogP contribution in [0.4, 0.5) is 0 Å². The van der Waals surface area contributed by atoms with Gasteiger partial charge < -0.3 is 15.5 Å². The van der Waals surface area contributed by atoms with Crippen molar-refractivity contribution >= 4 is 11.9 Å². The summed E-state index contributed by atoms with van der Waals surface area (Å²) in [4.78, 5) is 24.4. The molecule has 0 rings (SSSR count). The molecule has 0 unspecified atom stereocenters. The second-order valence-corrected chi connectivity index (χ2v) is 8.05. The molecule has 6 heteroatoms. The van der Waals surface area contributed by atoms with E-state index in [2.05, 4.69) is 12.2 Å². The zero-order chi connectivity index (χ0) is 21.6. The highest BCUT2D eigenvalue weighted by molar-refractivity contribution is 5.75. The lowest BCUT2D eigenvalue weighted by Gasteiger charge is -2.20. The Morgan fingerprint density at radius 3 is 1.72 bits per heavy atom. The van der Waals surface area contributed by atoms with Crippen molar-refractivity contribution in [3.63, 3.8) is 0 Å². The molecule has 0 radical (unpaired) electrons. The van der Waals surface area contributed by atoms with Crippen molar-refractivity contribution in [2.75, 3.05) is 32.8 Å². The highest BCUT2D eigenvalue weighted by atomic mass is 16.4. The number of aliphatic carboxylic acids is 1. The van der Waals surface area contributed by atoms with Gasteiger partial charge in [0.1, 0.15) is 0 Å². The lowest BCUT2D eigenvalue weighted by atomic mass is 10.0. The fourth-order valence-corrected chi connectivity index (χ4v) is 3.48. The summed E-state index contributed by atoms with van der Waals surface area (Å²) in [7, 11) is 0. The molecule has 0 aliphatic carbocycles. The Bertz CT molecular complexity index is 391. The van der Waals surface area contributed by atoms with Crippen LogP contribution in [0, 0.1) is 0 Å². The van der Waals surface area contributed by atoms with Crippen molar-refractivity contribution in [2.24, 2.45) is 0 Å². The van der Waals surface area contributed by atoms with Crippen LogP contribution in [0.1, 0.15) is 103 Å². The number of aliphatic hydroxyl groups is 1. The fraction of sp³-hybridized carbons (Fsp3) is 0.913. The van der Waals surface area contributed by atoms with E-state index < -0.39 is 5.97 Å². The van der Waals surface area contributed by atoms with E-state index in [1.165, 1.54) is 70.6 Å². The SMILES string of the molecule is CCCCCCCCCCCCCCCC(=O)NCCN(CCO)CCC(=O)O. The van der Waals surface area contributed by atoms with Crippen molar-refractivity contribution in [3.05, 3.63) is 0 Å². The summed E-state index contributed by atoms with van der Waals surface area (Å²) in [5, 5.41) is 20.6. The van der Waals surface area contributed by atoms with Crippen LogP contribution in [0.2, 0.25) is 0 Å². The van der Waals surface area contributed by atoms with Crippen LogP contribution in [0.5, 0.6) is 0 Å². The van der Waals surface area contributed by atoms with Crippen LogP contribution in [0.3, 0.4) is 0 Å². The Labute approximate surface area is 178 Å². The summed E-state index contributed by atoms with van der Waals surface area (Å²) in [6.45, 7) is 4.14. The van der Waals surface area contributed by atoms with E-state index in [0.29, 0.717) is 32.6 Å². The molecule has 0 aliphatic rings. The number of rotatable bonds is 22. The lowest BCUT2D eigenvalue weighted by molar-refractivity contribution is -0.137. The normalized spacial score (nSPS) is 11.1. The van der Waals surface area contributed by atoms with E-state index in [1.807, 2.05) is 4.90 Å². The molecule has 0 bridgehead atoms. The molecule has 0 atom stereocenters. The lowest BCUT2D eigenvalue weighted by Crippen LogP contribution is -2.37. The van der Waals surface area contributed by atoms with Crippen LogP contribution in [0.15, 0.2) is 0 Å². The molecule has 1 amide bonds. The molecule has 0 aromatic rings. The second-order valence-electron chi connectivity index (χ2n) is 8.05. The Morgan fingerprint density at radius 1 is 0.724 bits per heavy atom. The Balaban J connectivity index is 3.43. The molecule has 0 aromatic carbocycles. The zero-order valence-corrected chi connectivity index (χ0v) is 18.8. The van der Waals surface area contributed by atoms with Crippen LogP contribution in [-0.4, -0.2) is 59.8 Å². The summed E-state index contributed by atoms with van der Waals surface area (Å²) in [5.74, 6) is -0.783. The van der Waals surface area contributed by atoms with Crippen molar-refractivity contribution in [1.29, 1.82) is 0 Å². The Kier molecular flexibility index (Phi) is 20.7. The van der Waals surface area contributed by atoms with Gasteiger partial charge in [-0.1, -0.05) is 84.0 Å². The van der Waals surface area contributed by atoms with E-state index in [-0.39, 0.29) is 18.9 Å². The van der Waals surface area contributed by atoms with Gasteiger partial charge in [0.2, 0.25) is 5.91 Å². The van der Waals surface area contributed by atoms with Gasteiger partial charge in [0.25, 0.3) is 0 Å². The van der Waals surface area contributed by atoms with Gasteiger partial charge in [-0.05, 0) is 6.42 Å². The van der Waals surface area contributed by atoms with Gasteiger partial charge in [-0.15, -0.1) is 0 Å². The summed E-state index contributed by atoms with van der Waals surface area (Å²) in [6, 6.07) is 0. The predicted octanol–water partition coefficient (Wildman–Crippen LogP) is 4.35. The minimum atomic E-state index is -0.848. The summed E-state index contributed by atoms with van der Waals surface area (Å²) in [6.07, 6.45) is 17.5. The van der Waals surface area contributed by atoms with Gasteiger partial charge in [0.15, 0.2) is 0 Å². The minimum Gasteiger partial charge on any atom is -0.481 e. The smallest absolute Gasteiger partial charge is 0.304 e. The fourth-order valence-electron chi connectivity index (χ4n) is 3.48. The number of carboxylic acids is 1. The largest absolute Gasteiger partial charge is 0.481 e. The number of carbonyl (C=O) groups excluding carboxylic acids is 1. The molecule has 3 N–H and O–H groups in total. The average molecular weight is 415 g/mol. The molecular formula is C23H46N2O4. The first-order chi connectivity index (χ1) is 14.1. The van der Waals surface area contributed by atoms with Gasteiger partial charge in [0.05, 0.1) is 13.0 Å². The first kappa shape index (κ1) is 27.9. The number of carbonyl (C=O) groups is 2. The van der Waals surface area contributed by atoms with Gasteiger partial charge in [-0.3, -0.25) is 14.5 Å². The van der Waals surface area contributed by atoms with Crippen LogP contribution < -0.4 is 5.32 Å². The van der Waals surface area contributed by atoms with Gasteiger partial charge >= 0.3 is 5.97 Å². The number of nitrogens with zero attached hydrogens (tertiary/aromatic N) is 1. The number of nitrogens with one attached hydrogen (secondary N) is 1. The second kappa shape index (κ2) is 21.6. The first-order valence-corrected chi connectivity index (χ1v) is 11.9. The number of amides is 1. The van der Waals surface area contributed by atoms with Crippen LogP contribution in [0.25, 0.3) is 0 Å².